The summed E-state index contributed by atoms with van der Waals surface area (Å²) in [5.41, 5.74) is 2.35. The molecule has 1 aromatic heterocycles. The number of hydrogen-bond acceptors (Lipinski definition) is 2. The fraction of sp³-hybridized carbons (Fsp3) is 0.125. The molecule has 0 spiro atoms. The van der Waals surface area contributed by atoms with Crippen LogP contribution >= 0.6 is 33.9 Å². The number of halogens is 2. The molecule has 0 radical (unpaired) electrons. The zero-order valence-corrected chi connectivity index (χ0v) is 13.8. The number of rotatable bonds is 3. The Morgan fingerprint density at radius 2 is 2.00 bits per heavy atom. The van der Waals surface area contributed by atoms with Crippen LogP contribution in [-0.4, -0.2) is 7.05 Å². The molecule has 1 heterocycles. The molecule has 0 aliphatic carbocycles. The Morgan fingerprint density at radius 3 is 2.75 bits per heavy atom. The van der Waals surface area contributed by atoms with E-state index in [1.54, 1.807) is 17.4 Å². The molecule has 3 rings (SSSR count). The van der Waals surface area contributed by atoms with Gasteiger partial charge in [-0.05, 0) is 69.7 Å². The molecule has 1 unspecified atom stereocenters. The molecular weight excluding hydrogens is 384 g/mol. The minimum atomic E-state index is -0.192. The number of benzene rings is 2. The Morgan fingerprint density at radius 1 is 1.15 bits per heavy atom. The summed E-state index contributed by atoms with van der Waals surface area (Å²) in [6, 6.07) is 13.5. The highest BCUT2D eigenvalue weighted by Crippen LogP contribution is 2.34. The maximum Gasteiger partial charge on any atom is 0.124 e. The predicted octanol–water partition coefficient (Wildman–Crippen LogP) is 4.95. The van der Waals surface area contributed by atoms with E-state index in [1.165, 1.54) is 21.7 Å². The average molecular weight is 397 g/mol. The first-order valence-corrected chi connectivity index (χ1v) is 8.25. The van der Waals surface area contributed by atoms with Gasteiger partial charge in [0.1, 0.15) is 5.82 Å². The smallest absolute Gasteiger partial charge is 0.124 e. The number of nitrogens with one attached hydrogen (secondary N) is 1. The fourth-order valence-electron chi connectivity index (χ4n) is 2.46. The van der Waals surface area contributed by atoms with E-state index in [4.69, 9.17) is 0 Å². The Hall–Kier alpha value is -0.980. The fourth-order valence-corrected chi connectivity index (χ4v) is 4.19. The summed E-state index contributed by atoms with van der Waals surface area (Å²) in [5.74, 6) is -0.192. The van der Waals surface area contributed by atoms with E-state index in [-0.39, 0.29) is 11.9 Å². The van der Waals surface area contributed by atoms with Gasteiger partial charge in [0.05, 0.1) is 6.04 Å². The summed E-state index contributed by atoms with van der Waals surface area (Å²) in [5, 5.41) is 6.72. The zero-order chi connectivity index (χ0) is 14.1. The van der Waals surface area contributed by atoms with Crippen molar-refractivity contribution in [3.8, 4) is 0 Å². The van der Waals surface area contributed by atoms with E-state index < -0.39 is 0 Å². The highest BCUT2D eigenvalue weighted by molar-refractivity contribution is 14.1. The Bertz CT molecular complexity index is 753. The molecule has 4 heteroatoms. The third kappa shape index (κ3) is 2.47. The molecule has 2 aromatic carbocycles. The lowest BCUT2D eigenvalue weighted by Gasteiger charge is -2.19. The van der Waals surface area contributed by atoms with E-state index in [9.17, 15) is 4.39 Å². The Labute approximate surface area is 135 Å². The molecule has 1 nitrogen and oxygen atoms in total. The molecule has 0 amide bonds. The quantitative estimate of drug-likeness (QED) is 0.617. The van der Waals surface area contributed by atoms with Crippen molar-refractivity contribution in [2.75, 3.05) is 7.05 Å². The van der Waals surface area contributed by atoms with Crippen molar-refractivity contribution in [3.05, 3.63) is 68.4 Å². The summed E-state index contributed by atoms with van der Waals surface area (Å²) in [7, 11) is 1.94. The van der Waals surface area contributed by atoms with Crippen molar-refractivity contribution < 1.29 is 4.39 Å². The van der Waals surface area contributed by atoms with Gasteiger partial charge >= 0.3 is 0 Å². The van der Waals surface area contributed by atoms with Gasteiger partial charge in [0.2, 0.25) is 0 Å². The van der Waals surface area contributed by atoms with Crippen LogP contribution < -0.4 is 5.32 Å². The molecule has 1 N–H and O–H groups in total. The summed E-state index contributed by atoms with van der Waals surface area (Å²) < 4.78 is 15.5. The molecular formula is C16H13FINS. The van der Waals surface area contributed by atoms with Crippen LogP contribution in [0.1, 0.15) is 17.2 Å². The summed E-state index contributed by atoms with van der Waals surface area (Å²) in [6.07, 6.45) is 0. The average Bonchev–Trinajstić information content (AvgIpc) is 2.91. The summed E-state index contributed by atoms with van der Waals surface area (Å²) in [6.45, 7) is 0. The van der Waals surface area contributed by atoms with Gasteiger partial charge in [-0.25, -0.2) is 4.39 Å². The molecule has 0 saturated heterocycles. The second-order valence-corrected chi connectivity index (χ2v) is 6.65. The maximum absolute atomic E-state index is 13.3. The van der Waals surface area contributed by atoms with Crippen LogP contribution in [0.3, 0.4) is 0 Å². The SMILES string of the molecule is CNC(c1ccc(F)cc1I)c1cccc2ccsc12. The monoisotopic (exact) mass is 397 g/mol. The number of hydrogen-bond donors (Lipinski definition) is 1. The lowest BCUT2D eigenvalue weighted by Crippen LogP contribution is -2.19. The van der Waals surface area contributed by atoms with Crippen molar-refractivity contribution in [1.29, 1.82) is 0 Å². The highest BCUT2D eigenvalue weighted by atomic mass is 127. The van der Waals surface area contributed by atoms with E-state index >= 15 is 0 Å². The van der Waals surface area contributed by atoms with Crippen molar-refractivity contribution in [1.82, 2.24) is 5.32 Å². The normalized spacial score (nSPS) is 12.8. The second kappa shape index (κ2) is 5.79. The van der Waals surface area contributed by atoms with Crippen molar-refractivity contribution in [2.45, 2.75) is 6.04 Å². The van der Waals surface area contributed by atoms with Crippen molar-refractivity contribution >= 4 is 44.0 Å². The first-order valence-electron chi connectivity index (χ1n) is 6.29. The first kappa shape index (κ1) is 14.0. The largest absolute Gasteiger partial charge is 0.309 e. The molecule has 0 aliphatic heterocycles. The predicted molar refractivity (Wildman–Crippen MR) is 91.8 cm³/mol. The van der Waals surface area contributed by atoms with Gasteiger partial charge in [-0.15, -0.1) is 11.3 Å². The zero-order valence-electron chi connectivity index (χ0n) is 10.9. The summed E-state index contributed by atoms with van der Waals surface area (Å²) in [4.78, 5) is 0. The molecule has 0 saturated carbocycles. The molecule has 0 aliphatic rings. The van der Waals surface area contributed by atoms with Crippen molar-refractivity contribution in [3.63, 3.8) is 0 Å². The molecule has 0 fully saturated rings. The maximum atomic E-state index is 13.3. The van der Waals surface area contributed by atoms with E-state index in [2.05, 4.69) is 57.6 Å². The summed E-state index contributed by atoms with van der Waals surface area (Å²) >= 11 is 3.94. The van der Waals surface area contributed by atoms with Gasteiger partial charge in [0.25, 0.3) is 0 Å². The van der Waals surface area contributed by atoms with Gasteiger partial charge in [0, 0.05) is 8.27 Å². The third-order valence-corrected chi connectivity index (χ3v) is 5.30. The van der Waals surface area contributed by atoms with E-state index in [0.717, 1.165) is 9.13 Å². The van der Waals surface area contributed by atoms with Crippen LogP contribution in [0.25, 0.3) is 10.1 Å². The minimum absolute atomic E-state index is 0.0739. The Balaban J connectivity index is 2.16. The topological polar surface area (TPSA) is 12.0 Å². The van der Waals surface area contributed by atoms with Gasteiger partial charge in [-0.1, -0.05) is 24.3 Å². The van der Waals surface area contributed by atoms with Gasteiger partial charge in [0.15, 0.2) is 0 Å². The molecule has 1 atom stereocenters. The van der Waals surface area contributed by atoms with E-state index in [1.807, 2.05) is 13.1 Å². The molecule has 0 bridgehead atoms. The lowest BCUT2D eigenvalue weighted by atomic mass is 9.98. The van der Waals surface area contributed by atoms with Crippen LogP contribution in [-0.2, 0) is 0 Å². The van der Waals surface area contributed by atoms with Gasteiger partial charge in [-0.3, -0.25) is 0 Å². The van der Waals surface area contributed by atoms with Crippen molar-refractivity contribution in [2.24, 2.45) is 0 Å². The molecule has 102 valence electrons. The van der Waals surface area contributed by atoms with Crippen LogP contribution in [0.4, 0.5) is 4.39 Å². The lowest BCUT2D eigenvalue weighted by molar-refractivity contribution is 0.622. The molecule has 3 aromatic rings. The number of fused-ring (bicyclic) bond motifs is 1. The standard InChI is InChI=1S/C16H13FINS/c1-19-15(12-6-5-11(17)9-14(12)18)13-4-2-3-10-7-8-20-16(10)13/h2-9,15,19H,1H3. The highest BCUT2D eigenvalue weighted by Gasteiger charge is 2.18. The second-order valence-electron chi connectivity index (χ2n) is 4.57. The van der Waals surface area contributed by atoms with Crippen LogP contribution in [0, 0.1) is 9.39 Å². The number of thiophene rings is 1. The minimum Gasteiger partial charge on any atom is -0.309 e. The van der Waals surface area contributed by atoms with Gasteiger partial charge in [-0.2, -0.15) is 0 Å². The molecule has 20 heavy (non-hydrogen) atoms. The third-order valence-electron chi connectivity index (χ3n) is 3.38. The van der Waals surface area contributed by atoms with Crippen LogP contribution in [0.5, 0.6) is 0 Å². The van der Waals surface area contributed by atoms with Crippen LogP contribution in [0.15, 0.2) is 47.8 Å². The first-order chi connectivity index (χ1) is 9.70. The Kier molecular flexibility index (Phi) is 4.05. The van der Waals surface area contributed by atoms with E-state index in [0.29, 0.717) is 0 Å². The van der Waals surface area contributed by atoms with Gasteiger partial charge < -0.3 is 5.32 Å². The van der Waals surface area contributed by atoms with Crippen LogP contribution in [0.2, 0.25) is 0 Å².